The van der Waals surface area contributed by atoms with Gasteiger partial charge in [0.25, 0.3) is 0 Å². The Hall–Kier alpha value is -0.0800. The third kappa shape index (κ3) is 7.05. The summed E-state index contributed by atoms with van der Waals surface area (Å²) in [6.45, 7) is 10.7. The first-order chi connectivity index (χ1) is 8.22. The summed E-state index contributed by atoms with van der Waals surface area (Å²) in [4.78, 5) is 0. The van der Waals surface area contributed by atoms with Crippen molar-refractivity contribution in [1.82, 2.24) is 5.32 Å². The smallest absolute Gasteiger partial charge is 0.0591 e. The summed E-state index contributed by atoms with van der Waals surface area (Å²) in [5.41, 5.74) is 0. The first-order valence-corrected chi connectivity index (χ1v) is 7.50. The normalized spacial score (nSPS) is 25.4. The van der Waals surface area contributed by atoms with Crippen LogP contribution < -0.4 is 5.32 Å². The minimum absolute atomic E-state index is 0.652. The summed E-state index contributed by atoms with van der Waals surface area (Å²) in [5, 5.41) is 3.54. The summed E-state index contributed by atoms with van der Waals surface area (Å²) in [6, 6.07) is 0. The molecule has 1 aliphatic carbocycles. The molecule has 0 aromatic rings. The lowest BCUT2D eigenvalue weighted by molar-refractivity contribution is 0.110. The van der Waals surface area contributed by atoms with Crippen LogP contribution in [-0.4, -0.2) is 26.3 Å². The van der Waals surface area contributed by atoms with E-state index in [-0.39, 0.29) is 0 Å². The summed E-state index contributed by atoms with van der Waals surface area (Å²) >= 11 is 0. The van der Waals surface area contributed by atoms with Crippen molar-refractivity contribution in [2.75, 3.05) is 26.3 Å². The molecule has 0 heterocycles. The van der Waals surface area contributed by atoms with Crippen LogP contribution in [-0.2, 0) is 4.74 Å². The highest BCUT2D eigenvalue weighted by Gasteiger charge is 2.19. The van der Waals surface area contributed by atoms with Gasteiger partial charge in [-0.1, -0.05) is 40.0 Å². The van der Waals surface area contributed by atoms with Crippen molar-refractivity contribution in [2.24, 2.45) is 17.8 Å². The van der Waals surface area contributed by atoms with E-state index in [1.807, 2.05) is 0 Å². The van der Waals surface area contributed by atoms with Crippen LogP contribution in [0.15, 0.2) is 0 Å². The van der Waals surface area contributed by atoms with Crippen molar-refractivity contribution in [3.63, 3.8) is 0 Å². The lowest BCUT2D eigenvalue weighted by Gasteiger charge is -2.27. The number of hydrogen-bond acceptors (Lipinski definition) is 2. The molecule has 2 nitrogen and oxygen atoms in total. The molecule has 0 radical (unpaired) electrons. The zero-order chi connectivity index (χ0) is 12.5. The van der Waals surface area contributed by atoms with Gasteiger partial charge >= 0.3 is 0 Å². The van der Waals surface area contributed by atoms with E-state index < -0.39 is 0 Å². The standard InChI is InChI=1S/C15H31NO/c1-4-14-5-7-15(8-6-14)11-16-9-10-17-12-13(2)3/h13-16H,4-12H2,1-3H3. The molecule has 0 bridgehead atoms. The molecule has 0 spiro atoms. The maximum atomic E-state index is 5.56. The Morgan fingerprint density at radius 1 is 1.12 bits per heavy atom. The zero-order valence-electron chi connectivity index (χ0n) is 12.0. The van der Waals surface area contributed by atoms with Crippen LogP contribution in [0.1, 0.15) is 52.9 Å². The highest BCUT2D eigenvalue weighted by Crippen LogP contribution is 2.29. The van der Waals surface area contributed by atoms with Crippen LogP contribution >= 0.6 is 0 Å². The third-order valence-electron chi connectivity index (χ3n) is 3.85. The van der Waals surface area contributed by atoms with E-state index in [2.05, 4.69) is 26.1 Å². The van der Waals surface area contributed by atoms with Gasteiger partial charge in [-0.05, 0) is 37.1 Å². The second-order valence-corrected chi connectivity index (χ2v) is 5.97. The Morgan fingerprint density at radius 2 is 1.76 bits per heavy atom. The highest BCUT2D eigenvalue weighted by molar-refractivity contribution is 4.73. The van der Waals surface area contributed by atoms with Gasteiger partial charge in [0.05, 0.1) is 6.61 Å². The van der Waals surface area contributed by atoms with Gasteiger partial charge in [-0.2, -0.15) is 0 Å². The first-order valence-electron chi connectivity index (χ1n) is 7.50. The van der Waals surface area contributed by atoms with Gasteiger partial charge in [-0.3, -0.25) is 0 Å². The summed E-state index contributed by atoms with van der Waals surface area (Å²) < 4.78 is 5.56. The number of rotatable bonds is 8. The second-order valence-electron chi connectivity index (χ2n) is 5.97. The molecule has 0 amide bonds. The van der Waals surface area contributed by atoms with Gasteiger partial charge in [-0.15, -0.1) is 0 Å². The quantitative estimate of drug-likeness (QED) is 0.657. The molecule has 0 aliphatic heterocycles. The lowest BCUT2D eigenvalue weighted by atomic mass is 9.81. The van der Waals surface area contributed by atoms with Gasteiger partial charge in [-0.25, -0.2) is 0 Å². The van der Waals surface area contributed by atoms with Crippen LogP contribution in [0.25, 0.3) is 0 Å². The molecule has 1 fully saturated rings. The third-order valence-corrected chi connectivity index (χ3v) is 3.85. The largest absolute Gasteiger partial charge is 0.380 e. The topological polar surface area (TPSA) is 21.3 Å². The monoisotopic (exact) mass is 241 g/mol. The van der Waals surface area contributed by atoms with Crippen molar-refractivity contribution in [3.05, 3.63) is 0 Å². The fraction of sp³-hybridized carbons (Fsp3) is 1.00. The predicted octanol–water partition coefficient (Wildman–Crippen LogP) is 3.47. The van der Waals surface area contributed by atoms with Crippen molar-refractivity contribution < 1.29 is 4.74 Å². The van der Waals surface area contributed by atoms with Gasteiger partial charge in [0.2, 0.25) is 0 Å². The number of nitrogens with one attached hydrogen (secondary N) is 1. The summed E-state index contributed by atoms with van der Waals surface area (Å²) in [7, 11) is 0. The SMILES string of the molecule is CCC1CCC(CNCCOCC(C)C)CC1. The van der Waals surface area contributed by atoms with Crippen molar-refractivity contribution in [2.45, 2.75) is 52.9 Å². The Labute approximate surface area is 108 Å². The Kier molecular flexibility index (Phi) is 7.87. The molecule has 2 heteroatoms. The van der Waals surface area contributed by atoms with E-state index >= 15 is 0 Å². The minimum Gasteiger partial charge on any atom is -0.380 e. The number of ether oxygens (including phenoxy) is 1. The maximum Gasteiger partial charge on any atom is 0.0591 e. The van der Waals surface area contributed by atoms with Gasteiger partial charge in [0.15, 0.2) is 0 Å². The van der Waals surface area contributed by atoms with Gasteiger partial charge in [0.1, 0.15) is 0 Å². The lowest BCUT2D eigenvalue weighted by Crippen LogP contribution is -2.29. The van der Waals surface area contributed by atoms with E-state index in [1.54, 1.807) is 0 Å². The van der Waals surface area contributed by atoms with Crippen molar-refractivity contribution in [1.29, 1.82) is 0 Å². The molecule has 0 unspecified atom stereocenters. The van der Waals surface area contributed by atoms with E-state index in [0.29, 0.717) is 5.92 Å². The molecule has 1 rings (SSSR count). The molecule has 1 saturated carbocycles. The molecule has 1 aliphatic rings. The first kappa shape index (κ1) is 15.0. The van der Waals surface area contributed by atoms with Crippen molar-refractivity contribution in [3.8, 4) is 0 Å². The maximum absolute atomic E-state index is 5.56. The van der Waals surface area contributed by atoms with Gasteiger partial charge in [0, 0.05) is 13.2 Å². The van der Waals surface area contributed by atoms with Gasteiger partial charge < -0.3 is 10.1 Å². The molecule has 0 aromatic carbocycles. The fourth-order valence-electron chi connectivity index (χ4n) is 2.61. The summed E-state index contributed by atoms with van der Waals surface area (Å²) in [5.74, 6) is 2.59. The molecule has 102 valence electrons. The number of hydrogen-bond donors (Lipinski definition) is 1. The highest BCUT2D eigenvalue weighted by atomic mass is 16.5. The molecular weight excluding hydrogens is 210 g/mol. The van der Waals surface area contributed by atoms with E-state index in [9.17, 15) is 0 Å². The summed E-state index contributed by atoms with van der Waals surface area (Å²) in [6.07, 6.45) is 7.14. The molecular formula is C15H31NO. The Morgan fingerprint density at radius 3 is 2.35 bits per heavy atom. The van der Waals surface area contributed by atoms with Crippen LogP contribution in [0.3, 0.4) is 0 Å². The molecule has 17 heavy (non-hydrogen) atoms. The molecule has 0 saturated heterocycles. The average molecular weight is 241 g/mol. The fourth-order valence-corrected chi connectivity index (χ4v) is 2.61. The van der Waals surface area contributed by atoms with Crippen molar-refractivity contribution >= 4 is 0 Å². The zero-order valence-corrected chi connectivity index (χ0v) is 12.0. The Bertz CT molecular complexity index is 174. The minimum atomic E-state index is 0.652. The van der Waals surface area contributed by atoms with Crippen LogP contribution in [0, 0.1) is 17.8 Å². The molecule has 0 atom stereocenters. The van der Waals surface area contributed by atoms with Crippen LogP contribution in [0.2, 0.25) is 0 Å². The van der Waals surface area contributed by atoms with E-state index in [1.165, 1.54) is 38.6 Å². The molecule has 1 N–H and O–H groups in total. The Balaban J connectivity index is 1.90. The van der Waals surface area contributed by atoms with E-state index in [4.69, 9.17) is 4.74 Å². The second kappa shape index (κ2) is 8.93. The van der Waals surface area contributed by atoms with Crippen LogP contribution in [0.5, 0.6) is 0 Å². The molecule has 0 aromatic heterocycles. The van der Waals surface area contributed by atoms with E-state index in [0.717, 1.165) is 31.6 Å². The van der Waals surface area contributed by atoms with Crippen LogP contribution in [0.4, 0.5) is 0 Å². The predicted molar refractivity (Wildman–Crippen MR) is 74.3 cm³/mol. The average Bonchev–Trinajstić information content (AvgIpc) is 2.34.